The number of allylic oxidation sites excluding steroid dienone is 5. The zero-order chi connectivity index (χ0) is 27.7. The van der Waals surface area contributed by atoms with Gasteiger partial charge in [-0.15, -0.1) is 0 Å². The maximum atomic E-state index is 13.1. The maximum Gasteiger partial charge on any atom is 0.356 e. The molecule has 2 aliphatic heterocycles. The molecule has 0 bridgehead atoms. The van der Waals surface area contributed by atoms with Crippen molar-refractivity contribution in [2.24, 2.45) is 20.9 Å². The molecule has 0 spiro atoms. The first-order valence-electron chi connectivity index (χ1n) is 13.4. The molecule has 1 aliphatic carbocycles. The lowest BCUT2D eigenvalue weighted by Crippen LogP contribution is -2.54. The lowest BCUT2D eigenvalue weighted by Gasteiger charge is -2.45. The first-order chi connectivity index (χ1) is 19.6. The highest BCUT2D eigenvalue weighted by atomic mass is 16.5. The predicted molar refractivity (Wildman–Crippen MR) is 159 cm³/mol. The number of carbonyl (C=O) groups excluding carboxylic acids is 1. The molecule has 1 atom stereocenters. The van der Waals surface area contributed by atoms with Crippen LogP contribution in [0.1, 0.15) is 25.0 Å². The molecule has 1 unspecified atom stereocenters. The van der Waals surface area contributed by atoms with Crippen molar-refractivity contribution >= 4 is 28.9 Å². The number of esters is 1. The first-order valence-corrected chi connectivity index (χ1v) is 13.4. The molecular formula is C34H29N3O3. The third kappa shape index (κ3) is 4.13. The van der Waals surface area contributed by atoms with Crippen molar-refractivity contribution in [1.29, 1.82) is 0 Å². The highest BCUT2D eigenvalue weighted by Crippen LogP contribution is 2.47. The van der Waals surface area contributed by atoms with Gasteiger partial charge in [-0.25, -0.2) is 19.8 Å². The molecule has 0 amide bonds. The molecule has 0 radical (unpaired) electrons. The van der Waals surface area contributed by atoms with Crippen LogP contribution in [0.25, 0.3) is 0 Å². The van der Waals surface area contributed by atoms with Gasteiger partial charge < -0.3 is 9.47 Å². The van der Waals surface area contributed by atoms with Crippen molar-refractivity contribution in [2.45, 2.75) is 19.3 Å². The minimum atomic E-state index is -0.973. The van der Waals surface area contributed by atoms with Gasteiger partial charge in [0, 0.05) is 0 Å². The van der Waals surface area contributed by atoms with Gasteiger partial charge in [-0.1, -0.05) is 66.7 Å². The van der Waals surface area contributed by atoms with E-state index in [0.717, 1.165) is 45.1 Å². The topological polar surface area (TPSA) is 72.6 Å². The van der Waals surface area contributed by atoms with Crippen LogP contribution in [0.2, 0.25) is 0 Å². The van der Waals surface area contributed by atoms with Gasteiger partial charge in [0.05, 0.1) is 36.7 Å². The molecule has 0 saturated heterocycles. The van der Waals surface area contributed by atoms with E-state index < -0.39 is 11.4 Å². The second-order valence-electron chi connectivity index (χ2n) is 9.80. The Morgan fingerprint density at radius 3 is 2.15 bits per heavy atom. The third-order valence-corrected chi connectivity index (χ3v) is 7.53. The van der Waals surface area contributed by atoms with E-state index in [-0.39, 0.29) is 18.2 Å². The summed E-state index contributed by atoms with van der Waals surface area (Å²) in [4.78, 5) is 28.7. The number of hydrogen-bond donors (Lipinski definition) is 0. The largest absolute Gasteiger partial charge is 0.497 e. The van der Waals surface area contributed by atoms with Crippen LogP contribution >= 0.6 is 0 Å². The molecule has 0 aromatic heterocycles. The van der Waals surface area contributed by atoms with Crippen molar-refractivity contribution in [2.75, 3.05) is 13.7 Å². The van der Waals surface area contributed by atoms with Gasteiger partial charge in [-0.05, 0) is 72.5 Å². The molecule has 0 fully saturated rings. The Hall–Kier alpha value is -4.84. The second kappa shape index (κ2) is 10.4. The van der Waals surface area contributed by atoms with E-state index in [1.54, 1.807) is 14.0 Å². The van der Waals surface area contributed by atoms with Gasteiger partial charge in [-0.2, -0.15) is 0 Å². The van der Waals surface area contributed by atoms with Gasteiger partial charge in [-0.3, -0.25) is 0 Å². The number of rotatable bonds is 6. The molecule has 3 aliphatic rings. The Kier molecular flexibility index (Phi) is 6.60. The molecule has 6 rings (SSSR count). The normalized spacial score (nSPS) is 19.8. The number of amidine groups is 1. The summed E-state index contributed by atoms with van der Waals surface area (Å²) in [7, 11) is 1.64. The zero-order valence-electron chi connectivity index (χ0n) is 22.7. The van der Waals surface area contributed by atoms with E-state index in [1.807, 2.05) is 78.9 Å². The average molecular weight is 528 g/mol. The number of nitrogens with zero attached hydrogens (tertiary/aromatic N) is 3. The van der Waals surface area contributed by atoms with Crippen LogP contribution in [0.4, 0.5) is 5.69 Å². The maximum absolute atomic E-state index is 13.1. The molecule has 3 aromatic rings. The van der Waals surface area contributed by atoms with E-state index in [4.69, 9.17) is 24.5 Å². The van der Waals surface area contributed by atoms with Crippen molar-refractivity contribution < 1.29 is 14.3 Å². The summed E-state index contributed by atoms with van der Waals surface area (Å²) in [5, 5.41) is 0. The molecule has 2 heterocycles. The van der Waals surface area contributed by atoms with E-state index in [0.29, 0.717) is 5.84 Å². The Balaban J connectivity index is 1.72. The van der Waals surface area contributed by atoms with Crippen molar-refractivity contribution in [3.05, 3.63) is 131 Å². The smallest absolute Gasteiger partial charge is 0.356 e. The monoisotopic (exact) mass is 527 g/mol. The Bertz CT molecular complexity index is 1600. The third-order valence-electron chi connectivity index (χ3n) is 7.53. The van der Waals surface area contributed by atoms with Crippen LogP contribution in [0.5, 0.6) is 5.75 Å². The van der Waals surface area contributed by atoms with Crippen LogP contribution in [-0.2, 0) is 14.9 Å². The van der Waals surface area contributed by atoms with Gasteiger partial charge in [0.2, 0.25) is 0 Å². The van der Waals surface area contributed by atoms with Crippen molar-refractivity contribution in [3.8, 4) is 5.75 Å². The zero-order valence-corrected chi connectivity index (χ0v) is 22.7. The van der Waals surface area contributed by atoms with Crippen LogP contribution in [-0.4, -0.2) is 36.9 Å². The number of aliphatic imine (C=N–C) groups is 3. The highest BCUT2D eigenvalue weighted by Gasteiger charge is 2.54. The van der Waals surface area contributed by atoms with Gasteiger partial charge in [0.1, 0.15) is 22.7 Å². The van der Waals surface area contributed by atoms with Crippen molar-refractivity contribution in [3.63, 3.8) is 0 Å². The number of carbonyl (C=O) groups is 1. The molecule has 198 valence electrons. The summed E-state index contributed by atoms with van der Waals surface area (Å²) in [5.74, 6) is 0.640. The Morgan fingerprint density at radius 1 is 0.900 bits per heavy atom. The van der Waals surface area contributed by atoms with Crippen molar-refractivity contribution in [1.82, 2.24) is 0 Å². The summed E-state index contributed by atoms with van der Waals surface area (Å²) in [6.07, 6.45) is 5.93. The SMILES string of the molecule is CCOC(=O)C1=CC2=C(C)C=CC3=NC(=Nc4ccc(OC)cc4)C(c4ccccc4)(c4ccccc4)C(=N1)C32. The fourth-order valence-corrected chi connectivity index (χ4v) is 5.67. The van der Waals surface area contributed by atoms with Crippen LogP contribution in [0, 0.1) is 5.92 Å². The second-order valence-corrected chi connectivity index (χ2v) is 9.80. The Labute approximate surface area is 233 Å². The minimum Gasteiger partial charge on any atom is -0.497 e. The number of methoxy groups -OCH3 is 1. The number of benzene rings is 3. The minimum absolute atomic E-state index is 0.238. The summed E-state index contributed by atoms with van der Waals surface area (Å²) in [5.41, 5.74) is 5.65. The molecule has 0 saturated carbocycles. The van der Waals surface area contributed by atoms with E-state index in [9.17, 15) is 4.79 Å². The standard InChI is InChI=1S/C34H29N3O3/c1-4-40-32(38)29-21-27-22(2)15-20-28-30(27)31(36-29)34(23-11-7-5-8-12-23,24-13-9-6-10-14-24)33(37-28)35-25-16-18-26(39-3)19-17-25/h5-21,30H,4H2,1-3H3. The van der Waals surface area contributed by atoms with E-state index in [2.05, 4.69) is 31.2 Å². The molecule has 6 nitrogen and oxygen atoms in total. The molecule has 6 heteroatoms. The fourth-order valence-electron chi connectivity index (χ4n) is 5.67. The molecule has 0 N–H and O–H groups in total. The van der Waals surface area contributed by atoms with Gasteiger partial charge in [0.25, 0.3) is 0 Å². The number of ether oxygens (including phenoxy) is 2. The predicted octanol–water partition coefficient (Wildman–Crippen LogP) is 6.57. The lowest BCUT2D eigenvalue weighted by molar-refractivity contribution is -0.138. The van der Waals surface area contributed by atoms with Gasteiger partial charge in [0.15, 0.2) is 0 Å². The van der Waals surface area contributed by atoms with Crippen LogP contribution < -0.4 is 4.74 Å². The first kappa shape index (κ1) is 25.4. The quantitative estimate of drug-likeness (QED) is 0.340. The number of hydrogen-bond acceptors (Lipinski definition) is 5. The van der Waals surface area contributed by atoms with Crippen LogP contribution in [0.15, 0.2) is 135 Å². The summed E-state index contributed by atoms with van der Waals surface area (Å²) < 4.78 is 10.8. The summed E-state index contributed by atoms with van der Waals surface area (Å²) in [6, 6.07) is 28.0. The highest BCUT2D eigenvalue weighted by molar-refractivity contribution is 6.35. The average Bonchev–Trinajstić information content (AvgIpc) is 3.00. The van der Waals surface area contributed by atoms with Gasteiger partial charge >= 0.3 is 5.97 Å². The Morgan fingerprint density at radius 2 is 1.55 bits per heavy atom. The van der Waals surface area contributed by atoms with Crippen LogP contribution in [0.3, 0.4) is 0 Å². The molecular weight excluding hydrogens is 498 g/mol. The van der Waals surface area contributed by atoms with E-state index in [1.165, 1.54) is 0 Å². The molecule has 40 heavy (non-hydrogen) atoms. The summed E-state index contributed by atoms with van der Waals surface area (Å²) >= 11 is 0. The summed E-state index contributed by atoms with van der Waals surface area (Å²) in [6.45, 7) is 4.12. The van der Waals surface area contributed by atoms with E-state index >= 15 is 0 Å². The molecule has 3 aromatic carbocycles. The fraction of sp³-hybridized carbons (Fsp3) is 0.176. The lowest BCUT2D eigenvalue weighted by atomic mass is 9.61.